The van der Waals surface area contributed by atoms with Gasteiger partial charge in [-0.1, -0.05) is 29.8 Å². The summed E-state index contributed by atoms with van der Waals surface area (Å²) in [6.45, 7) is 2.83. The number of rotatable bonds is 4. The highest BCUT2D eigenvalue weighted by molar-refractivity contribution is 5.90. The van der Waals surface area contributed by atoms with Gasteiger partial charge in [-0.3, -0.25) is 0 Å². The van der Waals surface area contributed by atoms with Crippen molar-refractivity contribution in [2.45, 2.75) is 25.8 Å². The van der Waals surface area contributed by atoms with E-state index in [0.29, 0.717) is 17.2 Å². The third-order valence-electron chi connectivity index (χ3n) is 4.61. The molecule has 1 saturated heterocycles. The van der Waals surface area contributed by atoms with Crippen molar-refractivity contribution in [1.82, 2.24) is 4.90 Å². The van der Waals surface area contributed by atoms with Crippen LogP contribution in [0.3, 0.4) is 0 Å². The van der Waals surface area contributed by atoms with Gasteiger partial charge in [0.15, 0.2) is 11.5 Å². The maximum absolute atomic E-state index is 12.8. The Balaban J connectivity index is 1.75. The number of methoxy groups -OCH3 is 2. The van der Waals surface area contributed by atoms with Crippen LogP contribution in [0.2, 0.25) is 0 Å². The van der Waals surface area contributed by atoms with Gasteiger partial charge in [-0.15, -0.1) is 0 Å². The van der Waals surface area contributed by atoms with Gasteiger partial charge >= 0.3 is 6.03 Å². The standard InChI is InChI=1S/C20H24N2O3/c1-14-6-8-15(9-7-14)17-5-4-12-22(17)20(23)21-16-10-11-18(24-2)19(13-16)25-3/h6-11,13,17H,4-5,12H2,1-3H3,(H,21,23)/t17-/m0/s1. The first-order valence-electron chi connectivity index (χ1n) is 8.48. The molecule has 1 atom stereocenters. The summed E-state index contributed by atoms with van der Waals surface area (Å²) in [5, 5.41) is 2.97. The van der Waals surface area contributed by atoms with Gasteiger partial charge in [-0.25, -0.2) is 4.79 Å². The summed E-state index contributed by atoms with van der Waals surface area (Å²) >= 11 is 0. The smallest absolute Gasteiger partial charge is 0.322 e. The lowest BCUT2D eigenvalue weighted by Crippen LogP contribution is -2.34. The fourth-order valence-electron chi connectivity index (χ4n) is 3.25. The molecule has 25 heavy (non-hydrogen) atoms. The van der Waals surface area contributed by atoms with E-state index in [4.69, 9.17) is 9.47 Å². The van der Waals surface area contributed by atoms with Crippen molar-refractivity contribution < 1.29 is 14.3 Å². The number of hydrogen-bond acceptors (Lipinski definition) is 3. The predicted molar refractivity (Wildman–Crippen MR) is 98.4 cm³/mol. The molecule has 0 unspecified atom stereocenters. The molecule has 1 heterocycles. The zero-order valence-corrected chi connectivity index (χ0v) is 14.9. The van der Waals surface area contributed by atoms with Crippen molar-refractivity contribution in [2.24, 2.45) is 0 Å². The van der Waals surface area contributed by atoms with Crippen LogP contribution in [-0.4, -0.2) is 31.7 Å². The molecular weight excluding hydrogens is 316 g/mol. The molecule has 0 radical (unpaired) electrons. The molecule has 0 bridgehead atoms. The van der Waals surface area contributed by atoms with Gasteiger partial charge < -0.3 is 19.7 Å². The van der Waals surface area contributed by atoms with E-state index in [9.17, 15) is 4.79 Å². The topological polar surface area (TPSA) is 50.8 Å². The zero-order chi connectivity index (χ0) is 17.8. The highest BCUT2D eigenvalue weighted by Gasteiger charge is 2.30. The number of amides is 2. The van der Waals surface area contributed by atoms with E-state index in [1.807, 2.05) is 11.0 Å². The monoisotopic (exact) mass is 340 g/mol. The van der Waals surface area contributed by atoms with Gasteiger partial charge in [0.05, 0.1) is 20.3 Å². The minimum Gasteiger partial charge on any atom is -0.493 e. The number of urea groups is 1. The minimum atomic E-state index is -0.0877. The first-order chi connectivity index (χ1) is 12.1. The van der Waals surface area contributed by atoms with E-state index in [-0.39, 0.29) is 12.1 Å². The van der Waals surface area contributed by atoms with E-state index in [1.54, 1.807) is 26.4 Å². The lowest BCUT2D eigenvalue weighted by molar-refractivity contribution is 0.207. The van der Waals surface area contributed by atoms with Crippen molar-refractivity contribution in [3.05, 3.63) is 53.6 Å². The molecule has 1 aliphatic rings. The Morgan fingerprint density at radius 1 is 1.08 bits per heavy atom. The Morgan fingerprint density at radius 3 is 2.48 bits per heavy atom. The Kier molecular flexibility index (Phi) is 5.12. The summed E-state index contributed by atoms with van der Waals surface area (Å²) in [7, 11) is 3.17. The van der Waals surface area contributed by atoms with Crippen molar-refractivity contribution in [2.75, 3.05) is 26.1 Å². The molecule has 0 saturated carbocycles. The number of ether oxygens (including phenoxy) is 2. The fourth-order valence-corrected chi connectivity index (χ4v) is 3.25. The van der Waals surface area contributed by atoms with Gasteiger partial charge in [0, 0.05) is 18.3 Å². The molecule has 2 aromatic rings. The highest BCUT2D eigenvalue weighted by Crippen LogP contribution is 2.34. The van der Waals surface area contributed by atoms with Crippen LogP contribution in [0.1, 0.15) is 30.0 Å². The third kappa shape index (κ3) is 3.71. The fraction of sp³-hybridized carbons (Fsp3) is 0.350. The summed E-state index contributed by atoms with van der Waals surface area (Å²) in [6.07, 6.45) is 2.00. The summed E-state index contributed by atoms with van der Waals surface area (Å²) in [5.74, 6) is 1.23. The van der Waals surface area contributed by atoms with Gasteiger partial charge in [0.2, 0.25) is 0 Å². The molecule has 1 N–H and O–H groups in total. The van der Waals surface area contributed by atoms with Crippen LogP contribution in [0.5, 0.6) is 11.5 Å². The van der Waals surface area contributed by atoms with E-state index in [2.05, 4.69) is 36.5 Å². The first kappa shape index (κ1) is 17.1. The number of benzene rings is 2. The van der Waals surface area contributed by atoms with Crippen molar-refractivity contribution in [1.29, 1.82) is 0 Å². The lowest BCUT2D eigenvalue weighted by Gasteiger charge is -2.25. The molecule has 132 valence electrons. The normalized spacial score (nSPS) is 16.6. The van der Waals surface area contributed by atoms with Crippen LogP contribution in [0.4, 0.5) is 10.5 Å². The molecule has 1 aliphatic heterocycles. The zero-order valence-electron chi connectivity index (χ0n) is 14.9. The first-order valence-corrected chi connectivity index (χ1v) is 8.48. The van der Waals surface area contributed by atoms with Gasteiger partial charge in [-0.05, 0) is 37.5 Å². The molecule has 0 aromatic heterocycles. The van der Waals surface area contributed by atoms with Crippen LogP contribution in [0.15, 0.2) is 42.5 Å². The van der Waals surface area contributed by atoms with E-state index < -0.39 is 0 Å². The second kappa shape index (κ2) is 7.47. The quantitative estimate of drug-likeness (QED) is 0.898. The number of aryl methyl sites for hydroxylation is 1. The second-order valence-electron chi connectivity index (χ2n) is 6.26. The maximum Gasteiger partial charge on any atom is 0.322 e. The number of anilines is 1. The number of likely N-dealkylation sites (tertiary alicyclic amines) is 1. The summed E-state index contributed by atoms with van der Waals surface area (Å²) in [5.41, 5.74) is 3.10. The van der Waals surface area contributed by atoms with E-state index in [1.165, 1.54) is 11.1 Å². The Labute approximate surface area is 148 Å². The van der Waals surface area contributed by atoms with Crippen LogP contribution < -0.4 is 14.8 Å². The molecule has 5 nitrogen and oxygen atoms in total. The number of carbonyl (C=O) groups is 1. The largest absolute Gasteiger partial charge is 0.493 e. The van der Waals surface area contributed by atoms with Crippen molar-refractivity contribution >= 4 is 11.7 Å². The molecule has 1 fully saturated rings. The summed E-state index contributed by atoms with van der Waals surface area (Å²) < 4.78 is 10.5. The Hall–Kier alpha value is -2.69. The minimum absolute atomic E-state index is 0.0877. The number of carbonyl (C=O) groups excluding carboxylic acids is 1. The van der Waals surface area contributed by atoms with Gasteiger partial charge in [-0.2, -0.15) is 0 Å². The second-order valence-corrected chi connectivity index (χ2v) is 6.26. The molecule has 2 aromatic carbocycles. The molecule has 2 amide bonds. The van der Waals surface area contributed by atoms with Crippen LogP contribution >= 0.6 is 0 Å². The third-order valence-corrected chi connectivity index (χ3v) is 4.61. The van der Waals surface area contributed by atoms with E-state index in [0.717, 1.165) is 19.4 Å². The van der Waals surface area contributed by atoms with Crippen molar-refractivity contribution in [3.63, 3.8) is 0 Å². The molecule has 0 aliphatic carbocycles. The molecule has 0 spiro atoms. The highest BCUT2D eigenvalue weighted by atomic mass is 16.5. The summed E-state index contributed by atoms with van der Waals surface area (Å²) in [6, 6.07) is 13.8. The van der Waals surface area contributed by atoms with Crippen LogP contribution in [0.25, 0.3) is 0 Å². The summed E-state index contributed by atoms with van der Waals surface area (Å²) in [4.78, 5) is 14.7. The lowest BCUT2D eigenvalue weighted by atomic mass is 10.0. The van der Waals surface area contributed by atoms with Crippen LogP contribution in [-0.2, 0) is 0 Å². The number of hydrogen-bond donors (Lipinski definition) is 1. The maximum atomic E-state index is 12.8. The van der Waals surface area contributed by atoms with Crippen LogP contribution in [0, 0.1) is 6.92 Å². The van der Waals surface area contributed by atoms with E-state index >= 15 is 0 Å². The predicted octanol–water partition coefficient (Wildman–Crippen LogP) is 4.38. The average molecular weight is 340 g/mol. The Bertz CT molecular complexity index is 743. The van der Waals surface area contributed by atoms with Gasteiger partial charge in [0.1, 0.15) is 0 Å². The average Bonchev–Trinajstić information content (AvgIpc) is 3.12. The van der Waals surface area contributed by atoms with Crippen molar-refractivity contribution in [3.8, 4) is 11.5 Å². The number of nitrogens with zero attached hydrogens (tertiary/aromatic N) is 1. The molecular formula is C20H24N2O3. The molecule has 5 heteroatoms. The molecule has 3 rings (SSSR count). The SMILES string of the molecule is COc1ccc(NC(=O)N2CCC[C@H]2c2ccc(C)cc2)cc1OC. The van der Waals surface area contributed by atoms with Gasteiger partial charge in [0.25, 0.3) is 0 Å². The Morgan fingerprint density at radius 2 is 1.80 bits per heavy atom. The number of nitrogens with one attached hydrogen (secondary N) is 1.